The second-order valence-electron chi connectivity index (χ2n) is 8.55. The molecule has 31 heavy (non-hydrogen) atoms. The monoisotopic (exact) mass is 453 g/mol. The molecule has 172 valence electrons. The maximum Gasteiger partial charge on any atom is 0.330 e. The molecule has 0 bridgehead atoms. The molecule has 0 radical (unpaired) electrons. The van der Waals surface area contributed by atoms with E-state index in [2.05, 4.69) is 30.5 Å². The van der Waals surface area contributed by atoms with Gasteiger partial charge in [-0.25, -0.2) is 17.9 Å². The van der Waals surface area contributed by atoms with E-state index in [9.17, 15) is 18.0 Å². The van der Waals surface area contributed by atoms with Crippen LogP contribution in [0.5, 0.6) is 5.75 Å². The van der Waals surface area contributed by atoms with Crippen LogP contribution in [0.25, 0.3) is 0 Å². The number of nitrogens with one attached hydrogen (secondary N) is 2. The van der Waals surface area contributed by atoms with Gasteiger partial charge in [0.25, 0.3) is 5.56 Å². The number of nitrogens with zero attached hydrogens (tertiary/aromatic N) is 1. The molecule has 0 amide bonds. The van der Waals surface area contributed by atoms with Crippen molar-refractivity contribution in [3.05, 3.63) is 62.9 Å². The van der Waals surface area contributed by atoms with E-state index >= 15 is 0 Å². The van der Waals surface area contributed by atoms with Gasteiger partial charge >= 0.3 is 5.69 Å². The Balaban J connectivity index is 1.81. The smallest absolute Gasteiger partial charge is 0.330 e. The quantitative estimate of drug-likeness (QED) is 0.502. The first-order valence-electron chi connectivity index (χ1n) is 10.1. The summed E-state index contributed by atoms with van der Waals surface area (Å²) in [6, 6.07) is 8.17. The van der Waals surface area contributed by atoms with Crippen LogP contribution in [0.1, 0.15) is 45.7 Å². The Kier molecular flexibility index (Phi) is 8.60. The molecule has 1 heterocycles. The standard InChI is InChI=1S/C21H31N3O6S/c1-16(17-7-5-8-18(13-17)30-14-21(2,3)4)23-31(27,28)12-6-11-29-15-24-10-9-19(25)22-20(24)26/h5,7-10,13,16,23H,6,11-12,14-15H2,1-4H3,(H,22,25,26). The molecule has 2 aromatic rings. The lowest BCUT2D eigenvalue weighted by molar-refractivity contribution is 0.0744. The average Bonchev–Trinajstić information content (AvgIpc) is 2.67. The van der Waals surface area contributed by atoms with Gasteiger partial charge in [-0.1, -0.05) is 32.9 Å². The number of rotatable bonds is 11. The molecule has 0 saturated carbocycles. The minimum Gasteiger partial charge on any atom is -0.493 e. The Morgan fingerprint density at radius 2 is 1.94 bits per heavy atom. The highest BCUT2D eigenvalue weighted by atomic mass is 32.2. The molecule has 1 aromatic carbocycles. The third-order valence-electron chi connectivity index (χ3n) is 4.22. The summed E-state index contributed by atoms with van der Waals surface area (Å²) in [5, 5.41) is 0. The fraction of sp³-hybridized carbons (Fsp3) is 0.524. The summed E-state index contributed by atoms with van der Waals surface area (Å²) >= 11 is 0. The van der Waals surface area contributed by atoms with Gasteiger partial charge in [0.15, 0.2) is 0 Å². The third kappa shape index (κ3) is 9.07. The first-order chi connectivity index (χ1) is 14.5. The van der Waals surface area contributed by atoms with Crippen molar-refractivity contribution in [3.63, 3.8) is 0 Å². The van der Waals surface area contributed by atoms with E-state index in [-0.39, 0.29) is 30.9 Å². The average molecular weight is 454 g/mol. The number of sulfonamides is 1. The van der Waals surface area contributed by atoms with Crippen LogP contribution in [0.15, 0.2) is 46.1 Å². The second-order valence-corrected chi connectivity index (χ2v) is 10.4. The number of hydrogen-bond donors (Lipinski definition) is 2. The lowest BCUT2D eigenvalue weighted by atomic mass is 9.99. The van der Waals surface area contributed by atoms with Crippen molar-refractivity contribution in [3.8, 4) is 5.75 Å². The molecule has 0 saturated heterocycles. The lowest BCUT2D eigenvalue weighted by Gasteiger charge is -2.20. The molecular formula is C21H31N3O6S. The van der Waals surface area contributed by atoms with E-state index in [0.717, 1.165) is 5.56 Å². The van der Waals surface area contributed by atoms with Crippen LogP contribution in [0, 0.1) is 5.41 Å². The van der Waals surface area contributed by atoms with E-state index in [1.165, 1.54) is 16.8 Å². The zero-order chi connectivity index (χ0) is 23.1. The Morgan fingerprint density at radius 1 is 1.19 bits per heavy atom. The molecule has 9 nitrogen and oxygen atoms in total. The second kappa shape index (κ2) is 10.7. The van der Waals surface area contributed by atoms with Crippen LogP contribution in [0.3, 0.4) is 0 Å². The lowest BCUT2D eigenvalue weighted by Crippen LogP contribution is -2.30. The Labute approximate surface area is 182 Å². The summed E-state index contributed by atoms with van der Waals surface area (Å²) in [5.74, 6) is 0.585. The van der Waals surface area contributed by atoms with E-state index in [1.54, 1.807) is 6.92 Å². The van der Waals surface area contributed by atoms with Crippen molar-refractivity contribution >= 4 is 10.0 Å². The fourth-order valence-electron chi connectivity index (χ4n) is 2.63. The normalized spacial score (nSPS) is 13.2. The minimum absolute atomic E-state index is 0.0246. The molecule has 1 aromatic heterocycles. The fourth-order valence-corrected chi connectivity index (χ4v) is 3.92. The summed E-state index contributed by atoms with van der Waals surface area (Å²) in [6.45, 7) is 8.65. The predicted molar refractivity (Wildman–Crippen MR) is 119 cm³/mol. The Bertz CT molecular complexity index is 1070. The number of aromatic amines is 1. The van der Waals surface area contributed by atoms with Gasteiger partial charge in [-0.2, -0.15) is 0 Å². The highest BCUT2D eigenvalue weighted by molar-refractivity contribution is 7.89. The molecule has 2 N–H and O–H groups in total. The molecule has 0 aliphatic rings. The Morgan fingerprint density at radius 3 is 2.61 bits per heavy atom. The van der Waals surface area contributed by atoms with Crippen molar-refractivity contribution in [1.29, 1.82) is 0 Å². The number of benzene rings is 1. The van der Waals surface area contributed by atoms with Crippen molar-refractivity contribution in [2.24, 2.45) is 5.41 Å². The first-order valence-corrected chi connectivity index (χ1v) is 11.7. The van der Waals surface area contributed by atoms with E-state index in [1.807, 2.05) is 24.3 Å². The van der Waals surface area contributed by atoms with Crippen LogP contribution in [-0.2, 0) is 21.5 Å². The summed E-state index contributed by atoms with van der Waals surface area (Å²) in [6.07, 6.45) is 1.58. The Hall–Kier alpha value is -2.43. The molecule has 0 aliphatic heterocycles. The van der Waals surface area contributed by atoms with Gasteiger partial charge in [0, 0.05) is 24.9 Å². The van der Waals surface area contributed by atoms with E-state index in [0.29, 0.717) is 12.4 Å². The first kappa shape index (κ1) is 24.8. The summed E-state index contributed by atoms with van der Waals surface area (Å²) < 4.78 is 39.7. The zero-order valence-electron chi connectivity index (χ0n) is 18.4. The molecule has 0 spiro atoms. The number of aromatic nitrogens is 2. The summed E-state index contributed by atoms with van der Waals surface area (Å²) in [4.78, 5) is 24.7. The SMILES string of the molecule is CC(NS(=O)(=O)CCCOCn1ccc(=O)[nH]c1=O)c1cccc(OCC(C)(C)C)c1. The molecule has 10 heteroatoms. The van der Waals surface area contributed by atoms with Crippen molar-refractivity contribution in [2.75, 3.05) is 19.0 Å². The predicted octanol–water partition coefficient (Wildman–Crippen LogP) is 2.01. The van der Waals surface area contributed by atoms with Crippen LogP contribution >= 0.6 is 0 Å². The highest BCUT2D eigenvalue weighted by Crippen LogP contribution is 2.22. The molecule has 1 unspecified atom stereocenters. The minimum atomic E-state index is -3.52. The van der Waals surface area contributed by atoms with Crippen LogP contribution in [-0.4, -0.2) is 36.9 Å². The number of hydrogen-bond acceptors (Lipinski definition) is 6. The van der Waals surface area contributed by atoms with Gasteiger partial charge < -0.3 is 9.47 Å². The maximum atomic E-state index is 12.4. The van der Waals surface area contributed by atoms with Crippen molar-refractivity contribution in [1.82, 2.24) is 14.3 Å². The van der Waals surface area contributed by atoms with Gasteiger partial charge in [0.2, 0.25) is 10.0 Å². The van der Waals surface area contributed by atoms with Gasteiger partial charge in [0.1, 0.15) is 12.5 Å². The topological polar surface area (TPSA) is 119 Å². The number of H-pyrrole nitrogens is 1. The summed E-state index contributed by atoms with van der Waals surface area (Å²) in [7, 11) is -3.52. The maximum absolute atomic E-state index is 12.4. The molecule has 2 rings (SSSR count). The molecule has 0 fully saturated rings. The van der Waals surface area contributed by atoms with Gasteiger partial charge in [-0.15, -0.1) is 0 Å². The highest BCUT2D eigenvalue weighted by Gasteiger charge is 2.17. The van der Waals surface area contributed by atoms with Crippen LogP contribution in [0.4, 0.5) is 0 Å². The van der Waals surface area contributed by atoms with E-state index < -0.39 is 27.3 Å². The summed E-state index contributed by atoms with van der Waals surface area (Å²) in [5.41, 5.74) is -0.233. The van der Waals surface area contributed by atoms with Gasteiger partial charge in [-0.05, 0) is 36.5 Å². The van der Waals surface area contributed by atoms with Gasteiger partial charge in [-0.3, -0.25) is 14.3 Å². The van der Waals surface area contributed by atoms with Gasteiger partial charge in [0.05, 0.1) is 12.4 Å². The van der Waals surface area contributed by atoms with Crippen LogP contribution in [0.2, 0.25) is 0 Å². The number of ether oxygens (including phenoxy) is 2. The third-order valence-corrected chi connectivity index (χ3v) is 5.75. The molecule has 1 atom stereocenters. The van der Waals surface area contributed by atoms with E-state index in [4.69, 9.17) is 9.47 Å². The van der Waals surface area contributed by atoms with Crippen molar-refractivity contribution < 1.29 is 17.9 Å². The van der Waals surface area contributed by atoms with Crippen molar-refractivity contribution in [2.45, 2.75) is 46.9 Å². The molecular weight excluding hydrogens is 422 g/mol. The zero-order valence-corrected chi connectivity index (χ0v) is 19.2. The molecule has 0 aliphatic carbocycles. The largest absolute Gasteiger partial charge is 0.493 e. The van der Waals surface area contributed by atoms with Crippen LogP contribution < -0.4 is 20.7 Å².